The summed E-state index contributed by atoms with van der Waals surface area (Å²) < 4.78 is 18.1. The molecule has 0 aromatic heterocycles. The van der Waals surface area contributed by atoms with E-state index in [4.69, 9.17) is 14.2 Å². The summed E-state index contributed by atoms with van der Waals surface area (Å²) >= 11 is 0. The average molecular weight is 537 g/mol. The molecule has 0 saturated heterocycles. The van der Waals surface area contributed by atoms with Gasteiger partial charge in [0.05, 0.1) is 0 Å². The summed E-state index contributed by atoms with van der Waals surface area (Å²) in [7, 11) is 0. The lowest BCUT2D eigenvalue weighted by Crippen LogP contribution is -2.49. The van der Waals surface area contributed by atoms with Gasteiger partial charge in [-0.3, -0.25) is 4.79 Å². The normalized spacial score (nSPS) is 44.8. The van der Waals surface area contributed by atoms with Gasteiger partial charge in [-0.25, -0.2) is 9.59 Å². The van der Waals surface area contributed by atoms with Crippen LogP contribution in [0.25, 0.3) is 0 Å². The van der Waals surface area contributed by atoms with Gasteiger partial charge in [-0.15, -0.1) is 0 Å². The molecule has 39 heavy (non-hydrogen) atoms. The van der Waals surface area contributed by atoms with Gasteiger partial charge in [0.2, 0.25) is 0 Å². The topological polar surface area (TPSA) is 78.9 Å². The largest absolute Gasteiger partial charge is 0.462 e. The van der Waals surface area contributed by atoms with Crippen LogP contribution in [0.3, 0.4) is 0 Å². The molecule has 2 saturated carbocycles. The predicted molar refractivity (Wildman–Crippen MR) is 146 cm³/mol. The zero-order chi connectivity index (χ0) is 28.1. The number of ether oxygens (including phenoxy) is 3. The first-order valence-corrected chi connectivity index (χ1v) is 14.9. The molecule has 6 rings (SSSR count). The van der Waals surface area contributed by atoms with Crippen molar-refractivity contribution in [2.45, 2.75) is 111 Å². The summed E-state index contributed by atoms with van der Waals surface area (Å²) in [5.41, 5.74) is 2.75. The number of cyclic esters (lactones) is 2. The van der Waals surface area contributed by atoms with Crippen molar-refractivity contribution in [3.63, 3.8) is 0 Å². The summed E-state index contributed by atoms with van der Waals surface area (Å²) in [5, 5.41) is 0. The molecule has 2 aliphatic heterocycles. The van der Waals surface area contributed by atoms with Crippen LogP contribution in [0.15, 0.2) is 34.9 Å². The summed E-state index contributed by atoms with van der Waals surface area (Å²) in [6.45, 7) is 14.5. The standard InChI is InChI=1S/C33H44O6/c1-18-8-10-25(38-29(18)36)19(2)23-16-27(37-20(3)34)32(7)22-9-11-26-30(4,5)39-28(35)13-15-33(26)17-24(33)21(22)12-14-31(23,32)6/h8,13,15,19,23-27H,9-12,14,16-17H2,1-7H3/t19-,23+,24+,25-,26-,27+,31+,32+,33+/m0/s1. The zero-order valence-electron chi connectivity index (χ0n) is 24.6. The van der Waals surface area contributed by atoms with Crippen molar-refractivity contribution in [3.8, 4) is 0 Å². The Morgan fingerprint density at radius 2 is 1.90 bits per heavy atom. The lowest BCUT2D eigenvalue weighted by atomic mass is 9.52. The molecule has 0 N–H and O–H groups in total. The Hall–Kier alpha value is -2.37. The minimum absolute atomic E-state index is 0.0282. The fraction of sp³-hybridized carbons (Fsp3) is 0.727. The molecule has 6 aliphatic rings. The molecule has 212 valence electrons. The monoisotopic (exact) mass is 536 g/mol. The van der Waals surface area contributed by atoms with Crippen molar-refractivity contribution in [3.05, 3.63) is 34.9 Å². The highest BCUT2D eigenvalue weighted by atomic mass is 16.6. The van der Waals surface area contributed by atoms with E-state index in [1.165, 1.54) is 12.5 Å². The Kier molecular flexibility index (Phi) is 5.89. The first-order valence-electron chi connectivity index (χ1n) is 14.9. The molecular formula is C33H44O6. The summed E-state index contributed by atoms with van der Waals surface area (Å²) in [6.07, 6.45) is 12.0. The molecule has 6 heteroatoms. The van der Waals surface area contributed by atoms with Gasteiger partial charge in [0.1, 0.15) is 17.8 Å². The Bertz CT molecular complexity index is 1220. The van der Waals surface area contributed by atoms with E-state index in [0.29, 0.717) is 11.5 Å². The van der Waals surface area contributed by atoms with Gasteiger partial charge in [-0.05, 0) is 82.5 Å². The second-order valence-electron chi connectivity index (χ2n) is 14.3. The molecular weight excluding hydrogens is 492 g/mol. The summed E-state index contributed by atoms with van der Waals surface area (Å²) in [5.74, 6) is 0.380. The molecule has 9 atom stereocenters. The molecule has 0 amide bonds. The van der Waals surface area contributed by atoms with Crippen LogP contribution in [0, 0.1) is 39.9 Å². The van der Waals surface area contributed by atoms with Crippen LogP contribution in [0.4, 0.5) is 0 Å². The maximum atomic E-state index is 12.5. The Morgan fingerprint density at radius 1 is 1.15 bits per heavy atom. The SMILES string of the molecule is CC(=O)O[C@@H]1C[C@H]([C@H](C)[C@@H]2CC=C(C)C(=O)O2)[C@@]2(C)CCC3=C(CC[C@H]4C(C)(C)OC(=O)C=C[C@]45C[C@H]35)[C@]12C. The Morgan fingerprint density at radius 3 is 2.59 bits per heavy atom. The molecule has 0 bridgehead atoms. The molecule has 2 fully saturated rings. The quantitative estimate of drug-likeness (QED) is 0.241. The number of rotatable bonds is 3. The van der Waals surface area contributed by atoms with Gasteiger partial charge in [0, 0.05) is 41.7 Å². The number of allylic oxidation sites excluding steroid dienone is 2. The van der Waals surface area contributed by atoms with Crippen molar-refractivity contribution < 1.29 is 28.6 Å². The van der Waals surface area contributed by atoms with Gasteiger partial charge in [0.25, 0.3) is 0 Å². The van der Waals surface area contributed by atoms with Gasteiger partial charge in [-0.2, -0.15) is 0 Å². The van der Waals surface area contributed by atoms with E-state index in [2.05, 4.69) is 40.7 Å². The van der Waals surface area contributed by atoms with E-state index >= 15 is 0 Å². The number of hydrogen-bond donors (Lipinski definition) is 0. The highest BCUT2D eigenvalue weighted by molar-refractivity contribution is 5.88. The summed E-state index contributed by atoms with van der Waals surface area (Å²) in [6, 6.07) is 0. The van der Waals surface area contributed by atoms with E-state index in [0.717, 1.165) is 44.9 Å². The van der Waals surface area contributed by atoms with Gasteiger partial charge >= 0.3 is 17.9 Å². The van der Waals surface area contributed by atoms with Crippen molar-refractivity contribution in [2.75, 3.05) is 0 Å². The van der Waals surface area contributed by atoms with Crippen LogP contribution >= 0.6 is 0 Å². The number of esters is 3. The molecule has 4 aliphatic carbocycles. The highest BCUT2D eigenvalue weighted by Gasteiger charge is 2.70. The van der Waals surface area contributed by atoms with Gasteiger partial charge < -0.3 is 14.2 Å². The number of fused-ring (bicyclic) bond motifs is 3. The predicted octanol–water partition coefficient (Wildman–Crippen LogP) is 6.25. The fourth-order valence-corrected chi connectivity index (χ4v) is 10.1. The average Bonchev–Trinajstić information content (AvgIpc) is 3.55. The molecule has 0 aromatic rings. The van der Waals surface area contributed by atoms with Crippen LogP contribution < -0.4 is 0 Å². The Balaban J connectivity index is 1.41. The van der Waals surface area contributed by atoms with Crippen molar-refractivity contribution >= 4 is 17.9 Å². The van der Waals surface area contributed by atoms with Crippen molar-refractivity contribution in [1.29, 1.82) is 0 Å². The van der Waals surface area contributed by atoms with Crippen LogP contribution in [0.5, 0.6) is 0 Å². The molecule has 2 heterocycles. The lowest BCUT2D eigenvalue weighted by molar-refractivity contribution is -0.156. The third-order valence-corrected chi connectivity index (χ3v) is 12.3. The molecule has 0 aromatic carbocycles. The molecule has 1 spiro atoms. The van der Waals surface area contributed by atoms with E-state index in [1.807, 2.05) is 13.0 Å². The maximum Gasteiger partial charge on any atom is 0.333 e. The van der Waals surface area contributed by atoms with Crippen LogP contribution in [-0.2, 0) is 28.6 Å². The highest BCUT2D eigenvalue weighted by Crippen LogP contribution is 2.75. The van der Waals surface area contributed by atoms with Crippen LogP contribution in [0.2, 0.25) is 0 Å². The fourth-order valence-electron chi connectivity index (χ4n) is 10.1. The second kappa shape index (κ2) is 8.57. The van der Waals surface area contributed by atoms with Crippen LogP contribution in [-0.4, -0.2) is 35.7 Å². The van der Waals surface area contributed by atoms with Crippen LogP contribution in [0.1, 0.15) is 93.4 Å². The number of hydrogen-bond acceptors (Lipinski definition) is 6. The maximum absolute atomic E-state index is 12.5. The van der Waals surface area contributed by atoms with Crippen molar-refractivity contribution in [1.82, 2.24) is 0 Å². The molecule has 0 unspecified atom stereocenters. The van der Waals surface area contributed by atoms with E-state index < -0.39 is 5.60 Å². The second-order valence-corrected chi connectivity index (χ2v) is 14.3. The summed E-state index contributed by atoms with van der Waals surface area (Å²) in [4.78, 5) is 37.3. The first kappa shape index (κ1) is 26.8. The number of carbonyl (C=O) groups excluding carboxylic acids is 3. The third kappa shape index (κ3) is 3.68. The minimum Gasteiger partial charge on any atom is -0.462 e. The van der Waals surface area contributed by atoms with Crippen molar-refractivity contribution in [2.24, 2.45) is 39.9 Å². The smallest absolute Gasteiger partial charge is 0.333 e. The van der Waals surface area contributed by atoms with E-state index in [1.54, 1.807) is 11.6 Å². The number of carbonyl (C=O) groups is 3. The van der Waals surface area contributed by atoms with E-state index in [9.17, 15) is 14.4 Å². The third-order valence-electron chi connectivity index (χ3n) is 12.3. The van der Waals surface area contributed by atoms with E-state index in [-0.39, 0.29) is 64.1 Å². The first-order chi connectivity index (χ1) is 18.2. The van der Waals surface area contributed by atoms with Gasteiger partial charge in [0.15, 0.2) is 0 Å². The Labute approximate surface area is 232 Å². The molecule has 0 radical (unpaired) electrons. The lowest BCUT2D eigenvalue weighted by Gasteiger charge is -2.53. The van der Waals surface area contributed by atoms with Gasteiger partial charge in [-0.1, -0.05) is 44.1 Å². The minimum atomic E-state index is -0.535. The molecule has 6 nitrogen and oxygen atoms in total. The zero-order valence-corrected chi connectivity index (χ0v) is 24.6.